The van der Waals surface area contributed by atoms with E-state index < -0.39 is 12.2 Å². The van der Waals surface area contributed by atoms with E-state index in [0.29, 0.717) is 25.9 Å². The van der Waals surface area contributed by atoms with Crippen LogP contribution in [-0.4, -0.2) is 48.7 Å². The first-order valence-corrected chi connectivity index (χ1v) is 10.6. The summed E-state index contributed by atoms with van der Waals surface area (Å²) in [5, 5.41) is 19.5. The Balaban J connectivity index is 3.54. The van der Waals surface area contributed by atoms with E-state index in [1.54, 1.807) is 0 Å². The third kappa shape index (κ3) is 15.6. The number of esters is 1. The van der Waals surface area contributed by atoms with Gasteiger partial charge in [-0.15, -0.1) is 0 Å². The van der Waals surface area contributed by atoms with Crippen LogP contribution in [0.15, 0.2) is 0 Å². The first-order chi connectivity index (χ1) is 12.7. The van der Waals surface area contributed by atoms with Gasteiger partial charge >= 0.3 is 5.97 Å². The standard InChI is InChI=1S/C21H42O5/c1-3-4-5-6-7-8-9-10-11-12-15-19(23)20(18-22)26-17-14-13-16-21(24)25-2/h19-20,22-23H,3-18H2,1-2H3/t19?,20-/m0/s1. The van der Waals surface area contributed by atoms with E-state index in [9.17, 15) is 15.0 Å². The van der Waals surface area contributed by atoms with Gasteiger partial charge in [0.25, 0.3) is 0 Å². The minimum Gasteiger partial charge on any atom is -0.469 e. The van der Waals surface area contributed by atoms with Crippen LogP contribution in [0.2, 0.25) is 0 Å². The summed E-state index contributed by atoms with van der Waals surface area (Å²) >= 11 is 0. The zero-order valence-electron chi connectivity index (χ0n) is 17.1. The molecule has 0 radical (unpaired) electrons. The fourth-order valence-electron chi connectivity index (χ4n) is 3.02. The van der Waals surface area contributed by atoms with Gasteiger partial charge in [-0.2, -0.15) is 0 Å². The molecule has 2 atom stereocenters. The van der Waals surface area contributed by atoms with Gasteiger partial charge in [0, 0.05) is 13.0 Å². The maximum absolute atomic E-state index is 11.0. The quantitative estimate of drug-likeness (QED) is 0.259. The molecule has 0 bridgehead atoms. The molecule has 26 heavy (non-hydrogen) atoms. The number of ether oxygens (including phenoxy) is 2. The molecule has 5 heteroatoms. The van der Waals surface area contributed by atoms with Gasteiger partial charge in [-0.25, -0.2) is 0 Å². The van der Waals surface area contributed by atoms with Gasteiger partial charge in [0.15, 0.2) is 0 Å². The summed E-state index contributed by atoms with van der Waals surface area (Å²) in [5.41, 5.74) is 0. The Kier molecular flexibility index (Phi) is 18.6. The van der Waals surface area contributed by atoms with Gasteiger partial charge in [-0.05, 0) is 19.3 Å². The lowest BCUT2D eigenvalue weighted by Crippen LogP contribution is -2.32. The second kappa shape index (κ2) is 19.1. The van der Waals surface area contributed by atoms with Crippen LogP contribution < -0.4 is 0 Å². The Morgan fingerprint density at radius 1 is 0.885 bits per heavy atom. The zero-order valence-corrected chi connectivity index (χ0v) is 17.1. The lowest BCUT2D eigenvalue weighted by atomic mass is 10.0. The van der Waals surface area contributed by atoms with Crippen LogP contribution in [0.1, 0.15) is 96.8 Å². The van der Waals surface area contributed by atoms with Crippen molar-refractivity contribution in [3.05, 3.63) is 0 Å². The summed E-state index contributed by atoms with van der Waals surface area (Å²) in [6.07, 6.45) is 14.0. The molecule has 0 heterocycles. The minimum atomic E-state index is -0.616. The van der Waals surface area contributed by atoms with E-state index in [4.69, 9.17) is 4.74 Å². The third-order valence-corrected chi connectivity index (χ3v) is 4.80. The number of hydrogen-bond acceptors (Lipinski definition) is 5. The second-order valence-electron chi connectivity index (χ2n) is 7.16. The number of unbranched alkanes of at least 4 members (excludes halogenated alkanes) is 10. The van der Waals surface area contributed by atoms with Crippen molar-refractivity contribution in [2.45, 2.75) is 109 Å². The van der Waals surface area contributed by atoms with Crippen LogP contribution in [0.4, 0.5) is 0 Å². The Bertz CT molecular complexity index is 309. The summed E-state index contributed by atoms with van der Waals surface area (Å²) in [6, 6.07) is 0. The smallest absolute Gasteiger partial charge is 0.305 e. The number of rotatable bonds is 19. The Morgan fingerprint density at radius 3 is 2.00 bits per heavy atom. The number of aliphatic hydroxyl groups excluding tert-OH is 2. The molecular formula is C21H42O5. The van der Waals surface area contributed by atoms with Crippen molar-refractivity contribution in [1.29, 1.82) is 0 Å². The number of hydrogen-bond donors (Lipinski definition) is 2. The topological polar surface area (TPSA) is 76.0 Å². The number of carbonyl (C=O) groups is 1. The molecular weight excluding hydrogens is 332 g/mol. The van der Waals surface area contributed by atoms with Crippen molar-refractivity contribution in [2.24, 2.45) is 0 Å². The fourth-order valence-corrected chi connectivity index (χ4v) is 3.02. The van der Waals surface area contributed by atoms with E-state index in [1.165, 1.54) is 58.5 Å². The molecule has 0 aromatic rings. The molecule has 0 saturated heterocycles. The molecule has 156 valence electrons. The van der Waals surface area contributed by atoms with Gasteiger partial charge in [0.05, 0.1) is 19.8 Å². The Labute approximate surface area is 160 Å². The first kappa shape index (κ1) is 25.4. The molecule has 0 amide bonds. The van der Waals surface area contributed by atoms with E-state index in [-0.39, 0.29) is 12.6 Å². The monoisotopic (exact) mass is 374 g/mol. The molecule has 2 N–H and O–H groups in total. The molecule has 0 aliphatic heterocycles. The van der Waals surface area contributed by atoms with Crippen LogP contribution in [0.25, 0.3) is 0 Å². The van der Waals surface area contributed by atoms with Crippen molar-refractivity contribution in [3.63, 3.8) is 0 Å². The van der Waals surface area contributed by atoms with Crippen LogP contribution in [0.3, 0.4) is 0 Å². The van der Waals surface area contributed by atoms with Crippen molar-refractivity contribution < 1.29 is 24.5 Å². The third-order valence-electron chi connectivity index (χ3n) is 4.80. The highest BCUT2D eigenvalue weighted by Crippen LogP contribution is 2.14. The first-order valence-electron chi connectivity index (χ1n) is 10.6. The Morgan fingerprint density at radius 2 is 1.46 bits per heavy atom. The van der Waals surface area contributed by atoms with Gasteiger partial charge in [0.2, 0.25) is 0 Å². The predicted octanol–water partition coefficient (Wildman–Crippen LogP) is 4.38. The highest BCUT2D eigenvalue weighted by atomic mass is 16.5. The number of aliphatic hydroxyl groups is 2. The molecule has 1 unspecified atom stereocenters. The fraction of sp³-hybridized carbons (Fsp3) is 0.952. The minimum absolute atomic E-state index is 0.171. The van der Waals surface area contributed by atoms with Crippen molar-refractivity contribution in [2.75, 3.05) is 20.3 Å². The Hall–Kier alpha value is -0.650. The molecule has 0 fully saturated rings. The number of methoxy groups -OCH3 is 1. The molecule has 0 aliphatic carbocycles. The summed E-state index contributed by atoms with van der Waals surface area (Å²) in [7, 11) is 1.38. The maximum Gasteiger partial charge on any atom is 0.305 e. The van der Waals surface area contributed by atoms with Crippen LogP contribution in [0.5, 0.6) is 0 Å². The predicted molar refractivity (Wildman–Crippen MR) is 105 cm³/mol. The molecule has 0 aromatic heterocycles. The van der Waals surface area contributed by atoms with E-state index in [2.05, 4.69) is 11.7 Å². The summed E-state index contributed by atoms with van der Waals surface area (Å²) in [6.45, 7) is 2.51. The van der Waals surface area contributed by atoms with Gasteiger partial charge in [-0.3, -0.25) is 4.79 Å². The lowest BCUT2D eigenvalue weighted by Gasteiger charge is -2.21. The average molecular weight is 375 g/mol. The van der Waals surface area contributed by atoms with Crippen LogP contribution >= 0.6 is 0 Å². The maximum atomic E-state index is 11.0. The molecule has 0 spiro atoms. The van der Waals surface area contributed by atoms with Crippen molar-refractivity contribution in [3.8, 4) is 0 Å². The zero-order chi connectivity index (χ0) is 19.5. The van der Waals surface area contributed by atoms with Gasteiger partial charge in [0.1, 0.15) is 6.10 Å². The van der Waals surface area contributed by atoms with Crippen LogP contribution in [0, 0.1) is 0 Å². The van der Waals surface area contributed by atoms with E-state index >= 15 is 0 Å². The largest absolute Gasteiger partial charge is 0.469 e. The van der Waals surface area contributed by atoms with E-state index in [1.807, 2.05) is 0 Å². The highest BCUT2D eigenvalue weighted by molar-refractivity contribution is 5.68. The molecule has 0 aliphatic rings. The van der Waals surface area contributed by atoms with Gasteiger partial charge in [-0.1, -0.05) is 71.1 Å². The van der Waals surface area contributed by atoms with Crippen LogP contribution in [-0.2, 0) is 14.3 Å². The summed E-state index contributed by atoms with van der Waals surface area (Å²) < 4.78 is 10.1. The molecule has 0 saturated carbocycles. The lowest BCUT2D eigenvalue weighted by molar-refractivity contribution is -0.140. The van der Waals surface area contributed by atoms with Crippen molar-refractivity contribution >= 4 is 5.97 Å². The summed E-state index contributed by atoms with van der Waals surface area (Å²) in [4.78, 5) is 11.0. The SMILES string of the molecule is CCCCCCCCCCCCC(O)[C@H](CO)OCCCCC(=O)OC. The number of carbonyl (C=O) groups excluding carboxylic acids is 1. The highest BCUT2D eigenvalue weighted by Gasteiger charge is 2.18. The van der Waals surface area contributed by atoms with E-state index in [0.717, 1.165) is 19.3 Å². The van der Waals surface area contributed by atoms with Gasteiger partial charge < -0.3 is 19.7 Å². The normalized spacial score (nSPS) is 13.5. The van der Waals surface area contributed by atoms with Crippen molar-refractivity contribution in [1.82, 2.24) is 0 Å². The average Bonchev–Trinajstić information content (AvgIpc) is 2.65. The second-order valence-corrected chi connectivity index (χ2v) is 7.16. The summed E-state index contributed by atoms with van der Waals surface area (Å²) in [5.74, 6) is -0.218. The molecule has 5 nitrogen and oxygen atoms in total. The molecule has 0 aromatic carbocycles. The molecule has 0 rings (SSSR count).